The zero-order valence-electron chi connectivity index (χ0n) is 13.5. The Morgan fingerprint density at radius 3 is 2.68 bits per heavy atom. The highest BCUT2D eigenvalue weighted by atomic mass is 32.2. The molecule has 132 valence electrons. The molecule has 1 aromatic carbocycles. The molecule has 0 amide bonds. The van der Waals surface area contributed by atoms with E-state index in [9.17, 15) is 13.2 Å². The van der Waals surface area contributed by atoms with E-state index in [4.69, 9.17) is 8.94 Å². The maximum Gasteiger partial charge on any atom is 0.420 e. The molecule has 3 aromatic rings. The molecule has 0 N–H and O–H groups in total. The fourth-order valence-corrected chi connectivity index (χ4v) is 4.51. The smallest absolute Gasteiger partial charge is 0.408 e. The first-order chi connectivity index (χ1) is 11.9. The standard InChI is InChI=1S/C15H16N4O5S/c1-10-16-14(17-24-10)9-19-12-5-4-11(8-13(12)23-15(19)20)25(21,22)18-6-2-3-7-18/h4-5,8H,2-3,6-7,9H2,1H3. The maximum absolute atomic E-state index is 12.6. The first-order valence-electron chi connectivity index (χ1n) is 7.88. The Labute approximate surface area is 142 Å². The van der Waals surface area contributed by atoms with E-state index in [0.717, 1.165) is 12.8 Å². The van der Waals surface area contributed by atoms with Crippen LogP contribution in [0.25, 0.3) is 11.1 Å². The van der Waals surface area contributed by atoms with E-state index in [0.29, 0.717) is 30.3 Å². The van der Waals surface area contributed by atoms with Gasteiger partial charge in [0.15, 0.2) is 11.4 Å². The number of aromatic nitrogens is 3. The van der Waals surface area contributed by atoms with Crippen molar-refractivity contribution < 1.29 is 17.4 Å². The lowest BCUT2D eigenvalue weighted by Gasteiger charge is -2.15. The van der Waals surface area contributed by atoms with Gasteiger partial charge in [-0.1, -0.05) is 5.16 Å². The van der Waals surface area contributed by atoms with E-state index < -0.39 is 15.8 Å². The first-order valence-corrected chi connectivity index (χ1v) is 9.32. The van der Waals surface area contributed by atoms with Crippen molar-refractivity contribution in [2.75, 3.05) is 13.1 Å². The highest BCUT2D eigenvalue weighted by Crippen LogP contribution is 2.24. The molecule has 1 saturated heterocycles. The molecule has 1 fully saturated rings. The Morgan fingerprint density at radius 1 is 1.24 bits per heavy atom. The van der Waals surface area contributed by atoms with E-state index >= 15 is 0 Å². The second kappa shape index (κ2) is 5.81. The van der Waals surface area contributed by atoms with Crippen LogP contribution < -0.4 is 5.76 Å². The molecule has 0 spiro atoms. The number of rotatable bonds is 4. The molecular formula is C15H16N4O5S. The van der Waals surface area contributed by atoms with Crippen LogP contribution in [0.1, 0.15) is 24.6 Å². The highest BCUT2D eigenvalue weighted by molar-refractivity contribution is 7.89. The van der Waals surface area contributed by atoms with Crippen molar-refractivity contribution >= 4 is 21.1 Å². The molecule has 1 aliphatic rings. The SMILES string of the molecule is Cc1nc(Cn2c(=O)oc3cc(S(=O)(=O)N4CCCC4)ccc32)no1. The van der Waals surface area contributed by atoms with Gasteiger partial charge in [-0.05, 0) is 25.0 Å². The molecular weight excluding hydrogens is 348 g/mol. The monoisotopic (exact) mass is 364 g/mol. The predicted molar refractivity (Wildman–Crippen MR) is 86.6 cm³/mol. The summed E-state index contributed by atoms with van der Waals surface area (Å²) in [6.45, 7) is 2.77. The summed E-state index contributed by atoms with van der Waals surface area (Å²) in [6.07, 6.45) is 1.72. The lowest BCUT2D eigenvalue weighted by Crippen LogP contribution is -2.27. The Bertz CT molecular complexity index is 1090. The average Bonchev–Trinajstić information content (AvgIpc) is 3.29. The average molecular weight is 364 g/mol. The van der Waals surface area contributed by atoms with Crippen molar-refractivity contribution in [3.63, 3.8) is 0 Å². The Balaban J connectivity index is 1.74. The molecule has 0 saturated carbocycles. The molecule has 10 heteroatoms. The van der Waals surface area contributed by atoms with Crippen molar-refractivity contribution in [2.24, 2.45) is 0 Å². The lowest BCUT2D eigenvalue weighted by atomic mass is 10.3. The van der Waals surface area contributed by atoms with Gasteiger partial charge in [0.05, 0.1) is 17.0 Å². The van der Waals surface area contributed by atoms with Crippen LogP contribution in [0.4, 0.5) is 0 Å². The molecule has 4 rings (SSSR count). The topological polar surface area (TPSA) is 111 Å². The molecule has 1 aliphatic heterocycles. The van der Waals surface area contributed by atoms with Crippen molar-refractivity contribution in [1.29, 1.82) is 0 Å². The fourth-order valence-electron chi connectivity index (χ4n) is 2.98. The van der Waals surface area contributed by atoms with Crippen LogP contribution in [0.2, 0.25) is 0 Å². The van der Waals surface area contributed by atoms with Crippen LogP contribution in [0.3, 0.4) is 0 Å². The second-order valence-corrected chi connectivity index (χ2v) is 7.86. The van der Waals surface area contributed by atoms with Crippen molar-refractivity contribution in [3.05, 3.63) is 40.5 Å². The normalized spacial score (nSPS) is 16.0. The summed E-state index contributed by atoms with van der Waals surface area (Å²) in [6, 6.07) is 4.45. The van der Waals surface area contributed by atoms with Gasteiger partial charge in [0.25, 0.3) is 0 Å². The highest BCUT2D eigenvalue weighted by Gasteiger charge is 2.28. The Morgan fingerprint density at radius 2 is 2.00 bits per heavy atom. The van der Waals surface area contributed by atoms with Crippen LogP contribution in [-0.4, -0.2) is 40.5 Å². The number of hydrogen-bond donors (Lipinski definition) is 0. The molecule has 0 radical (unpaired) electrons. The number of fused-ring (bicyclic) bond motifs is 1. The van der Waals surface area contributed by atoms with E-state index in [1.54, 1.807) is 13.0 Å². The molecule has 0 aliphatic carbocycles. The third-order valence-corrected chi connectivity index (χ3v) is 6.11. The molecule has 0 unspecified atom stereocenters. The number of benzene rings is 1. The van der Waals surface area contributed by atoms with Crippen LogP contribution in [0.5, 0.6) is 0 Å². The summed E-state index contributed by atoms with van der Waals surface area (Å²) in [4.78, 5) is 16.3. The summed E-state index contributed by atoms with van der Waals surface area (Å²) in [5.74, 6) is 0.138. The molecule has 0 atom stereocenters. The van der Waals surface area contributed by atoms with Crippen LogP contribution in [0.15, 0.2) is 36.8 Å². The largest absolute Gasteiger partial charge is 0.420 e. The molecule has 25 heavy (non-hydrogen) atoms. The zero-order valence-corrected chi connectivity index (χ0v) is 14.3. The number of nitrogens with zero attached hydrogens (tertiary/aromatic N) is 4. The quantitative estimate of drug-likeness (QED) is 0.682. The Kier molecular flexibility index (Phi) is 3.73. The van der Waals surface area contributed by atoms with Gasteiger partial charge >= 0.3 is 5.76 Å². The number of hydrogen-bond acceptors (Lipinski definition) is 7. The first kappa shape index (κ1) is 16.0. The summed E-state index contributed by atoms with van der Waals surface area (Å²) < 4.78 is 38.2. The fraction of sp³-hybridized carbons (Fsp3) is 0.400. The van der Waals surface area contributed by atoms with Crippen LogP contribution in [0, 0.1) is 6.92 Å². The molecule has 0 bridgehead atoms. The van der Waals surface area contributed by atoms with E-state index in [-0.39, 0.29) is 17.0 Å². The zero-order chi connectivity index (χ0) is 17.6. The van der Waals surface area contributed by atoms with Gasteiger partial charge in [0.2, 0.25) is 15.9 Å². The Hall–Kier alpha value is -2.46. The van der Waals surface area contributed by atoms with Gasteiger partial charge in [-0.3, -0.25) is 4.57 Å². The van der Waals surface area contributed by atoms with Gasteiger partial charge < -0.3 is 8.94 Å². The summed E-state index contributed by atoms with van der Waals surface area (Å²) in [5.41, 5.74) is 0.693. The van der Waals surface area contributed by atoms with Gasteiger partial charge in [-0.25, -0.2) is 13.2 Å². The third kappa shape index (κ3) is 2.76. The summed E-state index contributed by atoms with van der Waals surface area (Å²) in [7, 11) is -3.57. The molecule has 3 heterocycles. The molecule has 9 nitrogen and oxygen atoms in total. The minimum absolute atomic E-state index is 0.0847. The van der Waals surface area contributed by atoms with Crippen LogP contribution >= 0.6 is 0 Å². The van der Waals surface area contributed by atoms with Gasteiger partial charge in [-0.2, -0.15) is 9.29 Å². The minimum atomic E-state index is -3.57. The van der Waals surface area contributed by atoms with Crippen molar-refractivity contribution in [3.8, 4) is 0 Å². The lowest BCUT2D eigenvalue weighted by molar-refractivity contribution is 0.385. The third-order valence-electron chi connectivity index (χ3n) is 4.21. The van der Waals surface area contributed by atoms with Crippen LogP contribution in [-0.2, 0) is 16.6 Å². The van der Waals surface area contributed by atoms with E-state index in [2.05, 4.69) is 10.1 Å². The second-order valence-electron chi connectivity index (χ2n) is 5.92. The maximum atomic E-state index is 12.6. The summed E-state index contributed by atoms with van der Waals surface area (Å²) >= 11 is 0. The number of sulfonamides is 1. The van der Waals surface area contributed by atoms with E-state index in [1.165, 1.54) is 21.0 Å². The number of aryl methyl sites for hydroxylation is 1. The van der Waals surface area contributed by atoms with Gasteiger partial charge in [0.1, 0.15) is 0 Å². The van der Waals surface area contributed by atoms with Crippen molar-refractivity contribution in [1.82, 2.24) is 19.0 Å². The minimum Gasteiger partial charge on any atom is -0.408 e. The predicted octanol–water partition coefficient (Wildman–Crippen LogP) is 1.12. The van der Waals surface area contributed by atoms with Gasteiger partial charge in [-0.15, -0.1) is 0 Å². The molecule has 2 aromatic heterocycles. The van der Waals surface area contributed by atoms with Crippen molar-refractivity contribution in [2.45, 2.75) is 31.2 Å². The van der Waals surface area contributed by atoms with Gasteiger partial charge in [0, 0.05) is 26.1 Å². The van der Waals surface area contributed by atoms with E-state index in [1.807, 2.05) is 0 Å². The number of oxazole rings is 1. The summed E-state index contributed by atoms with van der Waals surface area (Å²) in [5, 5.41) is 3.76.